The number of nitrogens with zero attached hydrogens (tertiary/aromatic N) is 1. The summed E-state index contributed by atoms with van der Waals surface area (Å²) in [4.78, 5) is 4.17. The molecule has 0 radical (unpaired) electrons. The quantitative estimate of drug-likeness (QED) is 0.829. The lowest BCUT2D eigenvalue weighted by Gasteiger charge is -2.04. The van der Waals surface area contributed by atoms with Crippen molar-refractivity contribution in [2.75, 3.05) is 11.9 Å². The summed E-state index contributed by atoms with van der Waals surface area (Å²) in [5, 5.41) is 3.80. The van der Waals surface area contributed by atoms with Gasteiger partial charge in [-0.05, 0) is 24.6 Å². The fourth-order valence-electron chi connectivity index (χ4n) is 1.55. The summed E-state index contributed by atoms with van der Waals surface area (Å²) in [6.07, 6.45) is -2.23. The Kier molecular flexibility index (Phi) is 3.75. The molecule has 0 saturated heterocycles. The number of nitrogens with one attached hydrogen (secondary N) is 1. The Morgan fingerprint density at radius 1 is 1.33 bits per heavy atom. The Morgan fingerprint density at radius 2 is 2.11 bits per heavy atom. The molecule has 0 aliphatic heterocycles. The van der Waals surface area contributed by atoms with Crippen molar-refractivity contribution in [1.82, 2.24) is 4.98 Å². The van der Waals surface area contributed by atoms with Gasteiger partial charge in [0.25, 0.3) is 0 Å². The van der Waals surface area contributed by atoms with E-state index in [0.29, 0.717) is 10.6 Å². The summed E-state index contributed by atoms with van der Waals surface area (Å²) in [5.41, 5.74) is -0.255. The predicted octanol–water partition coefficient (Wildman–Crippen LogP) is 4.53. The lowest BCUT2D eigenvalue weighted by Crippen LogP contribution is -2.04. The van der Waals surface area contributed by atoms with Crippen LogP contribution in [-0.2, 0) is 6.18 Å². The van der Waals surface area contributed by atoms with Gasteiger partial charge in [0, 0.05) is 6.54 Å². The van der Waals surface area contributed by atoms with Crippen LogP contribution in [0.3, 0.4) is 0 Å². The van der Waals surface area contributed by atoms with Gasteiger partial charge >= 0.3 is 6.18 Å². The lowest BCUT2D eigenvalue weighted by atomic mass is 10.2. The molecule has 0 atom stereocenters. The van der Waals surface area contributed by atoms with Crippen LogP contribution >= 0.6 is 11.3 Å². The first-order valence-corrected chi connectivity index (χ1v) is 6.54. The third-order valence-electron chi connectivity index (χ3n) is 2.52. The van der Waals surface area contributed by atoms with Crippen LogP contribution in [0.2, 0.25) is 0 Å². The summed E-state index contributed by atoms with van der Waals surface area (Å²) in [6.45, 7) is 2.87. The molecule has 0 fully saturated rings. The Labute approximate surface area is 107 Å². The van der Waals surface area contributed by atoms with E-state index in [2.05, 4.69) is 17.2 Å². The molecule has 2 nitrogen and oxygen atoms in total. The first kappa shape index (κ1) is 13.1. The summed E-state index contributed by atoms with van der Waals surface area (Å²) in [6, 6.07) is 3.66. The maximum absolute atomic E-state index is 12.5. The zero-order chi connectivity index (χ0) is 13.2. The molecule has 1 aromatic carbocycles. The van der Waals surface area contributed by atoms with Gasteiger partial charge in [0.2, 0.25) is 0 Å². The highest BCUT2D eigenvalue weighted by molar-refractivity contribution is 7.22. The maximum Gasteiger partial charge on any atom is 0.416 e. The van der Waals surface area contributed by atoms with E-state index in [4.69, 9.17) is 0 Å². The molecule has 0 spiro atoms. The molecule has 1 aromatic heterocycles. The second-order valence-corrected chi connectivity index (χ2v) is 5.01. The molecule has 6 heteroatoms. The molecular formula is C12H13F3N2S. The molecule has 1 N–H and O–H groups in total. The first-order chi connectivity index (χ1) is 8.50. The second-order valence-electron chi connectivity index (χ2n) is 3.98. The third-order valence-corrected chi connectivity index (χ3v) is 3.52. The molecule has 0 unspecified atom stereocenters. The molecule has 1 heterocycles. The Morgan fingerprint density at radius 3 is 2.78 bits per heavy atom. The Bertz CT molecular complexity index is 534. The number of alkyl halides is 3. The van der Waals surface area contributed by atoms with Crippen LogP contribution in [0.25, 0.3) is 10.2 Å². The van der Waals surface area contributed by atoms with E-state index in [1.165, 1.54) is 17.4 Å². The van der Waals surface area contributed by atoms with E-state index >= 15 is 0 Å². The van der Waals surface area contributed by atoms with Gasteiger partial charge in [-0.15, -0.1) is 0 Å². The van der Waals surface area contributed by atoms with Gasteiger partial charge in [-0.25, -0.2) is 4.98 Å². The molecule has 0 aliphatic carbocycles. The third kappa shape index (κ3) is 2.93. The van der Waals surface area contributed by atoms with Crippen molar-refractivity contribution in [2.45, 2.75) is 25.9 Å². The Balaban J connectivity index is 2.23. The van der Waals surface area contributed by atoms with E-state index in [9.17, 15) is 13.2 Å². The molecular weight excluding hydrogens is 261 g/mol. The van der Waals surface area contributed by atoms with Crippen LogP contribution in [0.4, 0.5) is 18.3 Å². The van der Waals surface area contributed by atoms with Crippen LogP contribution in [-0.4, -0.2) is 11.5 Å². The van der Waals surface area contributed by atoms with Gasteiger partial charge in [0.1, 0.15) is 0 Å². The van der Waals surface area contributed by atoms with Crippen LogP contribution in [0, 0.1) is 0 Å². The highest BCUT2D eigenvalue weighted by Crippen LogP contribution is 2.33. The Hall–Kier alpha value is -1.30. The maximum atomic E-state index is 12.5. The summed E-state index contributed by atoms with van der Waals surface area (Å²) in [7, 11) is 0. The zero-order valence-corrected chi connectivity index (χ0v) is 10.7. The topological polar surface area (TPSA) is 24.9 Å². The molecule has 0 amide bonds. The van der Waals surface area contributed by atoms with E-state index in [-0.39, 0.29) is 0 Å². The second kappa shape index (κ2) is 5.14. The number of fused-ring (bicyclic) bond motifs is 1. The van der Waals surface area contributed by atoms with E-state index in [1.807, 2.05) is 0 Å². The first-order valence-electron chi connectivity index (χ1n) is 5.72. The minimum absolute atomic E-state index is 0.397. The summed E-state index contributed by atoms with van der Waals surface area (Å²) in [5.74, 6) is 0. The number of unbranched alkanes of at least 4 members (excludes halogenated alkanes) is 1. The van der Waals surface area contributed by atoms with Crippen molar-refractivity contribution < 1.29 is 13.2 Å². The van der Waals surface area contributed by atoms with Gasteiger partial charge in [-0.3, -0.25) is 0 Å². The number of rotatable bonds is 4. The standard InChI is InChI=1S/C12H13F3N2S/c1-2-3-6-16-11-17-9-7-8(12(13,14)15)4-5-10(9)18-11/h4-5,7H,2-3,6H2,1H3,(H,16,17). The average Bonchev–Trinajstić information content (AvgIpc) is 2.69. The number of halogens is 3. The van der Waals surface area contributed by atoms with Gasteiger partial charge in [-0.1, -0.05) is 24.7 Å². The molecule has 0 bridgehead atoms. The summed E-state index contributed by atoms with van der Waals surface area (Å²) < 4.78 is 38.4. The molecule has 18 heavy (non-hydrogen) atoms. The number of anilines is 1. The molecule has 2 rings (SSSR count). The number of hydrogen-bond acceptors (Lipinski definition) is 3. The van der Waals surface area contributed by atoms with Gasteiger partial charge in [0.05, 0.1) is 15.8 Å². The normalized spacial score (nSPS) is 12.0. The van der Waals surface area contributed by atoms with Crippen molar-refractivity contribution in [2.24, 2.45) is 0 Å². The SMILES string of the molecule is CCCCNc1nc2cc(C(F)(F)F)ccc2s1. The van der Waals surface area contributed by atoms with Crippen LogP contribution in [0.5, 0.6) is 0 Å². The van der Waals surface area contributed by atoms with Crippen LogP contribution < -0.4 is 5.32 Å². The van der Waals surface area contributed by atoms with Gasteiger partial charge < -0.3 is 5.32 Å². The number of benzene rings is 1. The monoisotopic (exact) mass is 274 g/mol. The van der Waals surface area contributed by atoms with Crippen molar-refractivity contribution >= 4 is 26.7 Å². The van der Waals surface area contributed by atoms with Crippen molar-refractivity contribution in [3.63, 3.8) is 0 Å². The van der Waals surface area contributed by atoms with E-state index in [0.717, 1.165) is 36.2 Å². The fraction of sp³-hybridized carbons (Fsp3) is 0.417. The highest BCUT2D eigenvalue weighted by atomic mass is 32.1. The molecule has 0 saturated carbocycles. The van der Waals surface area contributed by atoms with E-state index < -0.39 is 11.7 Å². The lowest BCUT2D eigenvalue weighted by molar-refractivity contribution is -0.137. The minimum Gasteiger partial charge on any atom is -0.361 e. The molecule has 98 valence electrons. The van der Waals surface area contributed by atoms with Crippen molar-refractivity contribution in [3.8, 4) is 0 Å². The van der Waals surface area contributed by atoms with Crippen molar-refractivity contribution in [3.05, 3.63) is 23.8 Å². The van der Waals surface area contributed by atoms with Gasteiger partial charge in [0.15, 0.2) is 5.13 Å². The fourth-order valence-corrected chi connectivity index (χ4v) is 2.42. The molecule has 2 aromatic rings. The average molecular weight is 274 g/mol. The molecule has 0 aliphatic rings. The predicted molar refractivity (Wildman–Crippen MR) is 68.0 cm³/mol. The smallest absolute Gasteiger partial charge is 0.361 e. The summed E-state index contributed by atoms with van der Waals surface area (Å²) >= 11 is 1.38. The number of thiazole rings is 1. The number of hydrogen-bond donors (Lipinski definition) is 1. The van der Waals surface area contributed by atoms with E-state index in [1.54, 1.807) is 0 Å². The van der Waals surface area contributed by atoms with Gasteiger partial charge in [-0.2, -0.15) is 13.2 Å². The van der Waals surface area contributed by atoms with Crippen LogP contribution in [0.1, 0.15) is 25.3 Å². The largest absolute Gasteiger partial charge is 0.416 e. The van der Waals surface area contributed by atoms with Crippen LogP contribution in [0.15, 0.2) is 18.2 Å². The zero-order valence-electron chi connectivity index (χ0n) is 9.84. The number of aromatic nitrogens is 1. The minimum atomic E-state index is -4.31. The van der Waals surface area contributed by atoms with Crippen molar-refractivity contribution in [1.29, 1.82) is 0 Å². The highest BCUT2D eigenvalue weighted by Gasteiger charge is 2.30.